The van der Waals surface area contributed by atoms with Gasteiger partial charge in [-0.25, -0.2) is 0 Å². The molecular weight excluding hydrogens is 276 g/mol. The predicted molar refractivity (Wildman–Crippen MR) is 85.6 cm³/mol. The van der Waals surface area contributed by atoms with E-state index in [4.69, 9.17) is 4.74 Å². The molecule has 3 rings (SSSR count). The second-order valence-electron chi connectivity index (χ2n) is 6.70. The largest absolute Gasteiger partial charge is 0.489 e. The zero-order valence-corrected chi connectivity index (χ0v) is 13.4. The van der Waals surface area contributed by atoms with E-state index >= 15 is 0 Å². The summed E-state index contributed by atoms with van der Waals surface area (Å²) in [6, 6.07) is 3.83. The summed E-state index contributed by atoms with van der Waals surface area (Å²) in [5, 5.41) is 0. The third kappa shape index (κ3) is 3.60. The Balaban J connectivity index is 1.50. The van der Waals surface area contributed by atoms with Gasteiger partial charge in [0.05, 0.1) is 6.20 Å². The van der Waals surface area contributed by atoms with Crippen LogP contribution in [0.3, 0.4) is 0 Å². The molecule has 1 aromatic rings. The van der Waals surface area contributed by atoms with Crippen LogP contribution in [0.15, 0.2) is 24.5 Å². The third-order valence-electron chi connectivity index (χ3n) is 5.12. The summed E-state index contributed by atoms with van der Waals surface area (Å²) in [5.74, 6) is 2.01. The molecule has 1 aliphatic carbocycles. The number of hydrogen-bond donors (Lipinski definition) is 0. The van der Waals surface area contributed by atoms with Crippen molar-refractivity contribution < 1.29 is 9.53 Å². The van der Waals surface area contributed by atoms with E-state index in [9.17, 15) is 4.79 Å². The van der Waals surface area contributed by atoms with Gasteiger partial charge in [-0.2, -0.15) is 0 Å². The van der Waals surface area contributed by atoms with Crippen molar-refractivity contribution in [3.05, 3.63) is 24.5 Å². The highest BCUT2D eigenvalue weighted by Crippen LogP contribution is 2.32. The number of hydrogen-bond acceptors (Lipinski definition) is 3. The molecule has 120 valence electrons. The summed E-state index contributed by atoms with van der Waals surface area (Å²) >= 11 is 0. The number of aromatic nitrogens is 1. The molecule has 0 bridgehead atoms. The highest BCUT2D eigenvalue weighted by Gasteiger charge is 2.33. The van der Waals surface area contributed by atoms with Crippen LogP contribution >= 0.6 is 0 Å². The summed E-state index contributed by atoms with van der Waals surface area (Å²) in [4.78, 5) is 18.8. The molecular formula is C18H26N2O2. The number of amides is 1. The van der Waals surface area contributed by atoms with Crippen LogP contribution in [0.5, 0.6) is 5.75 Å². The van der Waals surface area contributed by atoms with E-state index in [0.717, 1.165) is 38.1 Å². The van der Waals surface area contributed by atoms with E-state index in [1.54, 1.807) is 12.4 Å². The van der Waals surface area contributed by atoms with E-state index in [1.165, 1.54) is 19.3 Å². The maximum Gasteiger partial charge on any atom is 0.225 e. The normalized spacial score (nSPS) is 26.7. The molecule has 2 unspecified atom stereocenters. The smallest absolute Gasteiger partial charge is 0.225 e. The van der Waals surface area contributed by atoms with Gasteiger partial charge in [0.15, 0.2) is 0 Å². The van der Waals surface area contributed by atoms with Gasteiger partial charge >= 0.3 is 0 Å². The van der Waals surface area contributed by atoms with Crippen molar-refractivity contribution in [2.75, 3.05) is 13.1 Å². The van der Waals surface area contributed by atoms with E-state index in [0.29, 0.717) is 11.8 Å². The Morgan fingerprint density at radius 2 is 2.00 bits per heavy atom. The van der Waals surface area contributed by atoms with E-state index < -0.39 is 0 Å². The molecule has 4 heteroatoms. The minimum absolute atomic E-state index is 0.206. The first-order valence-corrected chi connectivity index (χ1v) is 8.59. The first-order valence-electron chi connectivity index (χ1n) is 8.59. The minimum atomic E-state index is 0.206. The highest BCUT2D eigenvalue weighted by molar-refractivity contribution is 5.79. The fourth-order valence-electron chi connectivity index (χ4n) is 3.72. The monoisotopic (exact) mass is 302 g/mol. The van der Waals surface area contributed by atoms with Crippen molar-refractivity contribution in [3.8, 4) is 5.75 Å². The van der Waals surface area contributed by atoms with Crippen LogP contribution in [0, 0.1) is 11.8 Å². The van der Waals surface area contributed by atoms with Crippen molar-refractivity contribution in [3.63, 3.8) is 0 Å². The topological polar surface area (TPSA) is 42.4 Å². The van der Waals surface area contributed by atoms with Crippen LogP contribution in [0.1, 0.15) is 45.4 Å². The molecule has 0 spiro atoms. The number of carbonyl (C=O) groups is 1. The molecule has 0 radical (unpaired) electrons. The van der Waals surface area contributed by atoms with Crippen LogP contribution in [0.2, 0.25) is 0 Å². The van der Waals surface area contributed by atoms with E-state index in [1.807, 2.05) is 12.1 Å². The molecule has 1 amide bonds. The molecule has 2 heterocycles. The zero-order valence-electron chi connectivity index (χ0n) is 13.4. The Hall–Kier alpha value is -1.58. The molecule has 22 heavy (non-hydrogen) atoms. The van der Waals surface area contributed by atoms with Gasteiger partial charge in [0.25, 0.3) is 0 Å². The van der Waals surface area contributed by atoms with Crippen LogP contribution in [0.25, 0.3) is 0 Å². The van der Waals surface area contributed by atoms with Gasteiger partial charge < -0.3 is 9.64 Å². The minimum Gasteiger partial charge on any atom is -0.489 e. The summed E-state index contributed by atoms with van der Waals surface area (Å²) in [6.45, 7) is 3.89. The molecule has 4 nitrogen and oxygen atoms in total. The summed E-state index contributed by atoms with van der Waals surface area (Å²) in [6.07, 6.45) is 10.3. The van der Waals surface area contributed by atoms with Gasteiger partial charge in [-0.15, -0.1) is 0 Å². The molecule has 2 atom stereocenters. The van der Waals surface area contributed by atoms with Gasteiger partial charge in [-0.05, 0) is 30.9 Å². The number of piperidine rings is 1. The maximum absolute atomic E-state index is 12.7. The van der Waals surface area contributed by atoms with Crippen LogP contribution in [0.4, 0.5) is 0 Å². The van der Waals surface area contributed by atoms with Crippen molar-refractivity contribution in [1.29, 1.82) is 0 Å². The summed E-state index contributed by atoms with van der Waals surface area (Å²) < 4.78 is 5.95. The van der Waals surface area contributed by atoms with Gasteiger partial charge in [-0.3, -0.25) is 9.78 Å². The first-order chi connectivity index (χ1) is 10.7. The Morgan fingerprint density at radius 3 is 2.68 bits per heavy atom. The Morgan fingerprint density at radius 1 is 1.23 bits per heavy atom. The quantitative estimate of drug-likeness (QED) is 0.860. The lowest BCUT2D eigenvalue weighted by Crippen LogP contribution is -2.46. The average Bonchev–Trinajstić information content (AvgIpc) is 2.56. The lowest BCUT2D eigenvalue weighted by Gasteiger charge is -2.37. The number of carbonyl (C=O) groups excluding carboxylic acids is 1. The van der Waals surface area contributed by atoms with Gasteiger partial charge in [-0.1, -0.05) is 19.8 Å². The predicted octanol–water partition coefficient (Wildman–Crippen LogP) is 3.28. The number of pyridine rings is 1. The number of ether oxygens (including phenoxy) is 1. The van der Waals surface area contributed by atoms with Crippen molar-refractivity contribution in [2.24, 2.45) is 11.8 Å². The maximum atomic E-state index is 12.7. The van der Waals surface area contributed by atoms with Crippen LogP contribution in [-0.4, -0.2) is 35.0 Å². The summed E-state index contributed by atoms with van der Waals surface area (Å²) in [5.41, 5.74) is 0. The van der Waals surface area contributed by atoms with Crippen molar-refractivity contribution in [2.45, 2.75) is 51.6 Å². The van der Waals surface area contributed by atoms with Crippen LogP contribution in [-0.2, 0) is 4.79 Å². The fourth-order valence-corrected chi connectivity index (χ4v) is 3.72. The highest BCUT2D eigenvalue weighted by atomic mass is 16.5. The lowest BCUT2D eigenvalue weighted by atomic mass is 9.79. The van der Waals surface area contributed by atoms with Crippen molar-refractivity contribution in [1.82, 2.24) is 9.88 Å². The molecule has 0 aromatic carbocycles. The Labute approximate surface area is 132 Å². The second kappa shape index (κ2) is 7.12. The first kappa shape index (κ1) is 15.3. The Bertz CT molecular complexity index is 483. The number of nitrogens with zero attached hydrogens (tertiary/aromatic N) is 2. The molecule has 2 aliphatic rings. The fraction of sp³-hybridized carbons (Fsp3) is 0.667. The molecule has 2 fully saturated rings. The van der Waals surface area contributed by atoms with Crippen LogP contribution < -0.4 is 4.74 Å². The van der Waals surface area contributed by atoms with Gasteiger partial charge in [0.1, 0.15) is 11.9 Å². The van der Waals surface area contributed by atoms with E-state index in [2.05, 4.69) is 16.8 Å². The molecule has 0 N–H and O–H groups in total. The van der Waals surface area contributed by atoms with Crippen molar-refractivity contribution >= 4 is 5.91 Å². The van der Waals surface area contributed by atoms with E-state index in [-0.39, 0.29) is 12.0 Å². The zero-order chi connectivity index (χ0) is 15.4. The number of likely N-dealkylation sites (tertiary alicyclic amines) is 1. The lowest BCUT2D eigenvalue weighted by molar-refractivity contribution is -0.140. The van der Waals surface area contributed by atoms with Gasteiger partial charge in [0.2, 0.25) is 5.91 Å². The second-order valence-corrected chi connectivity index (χ2v) is 6.70. The molecule has 1 saturated heterocycles. The number of rotatable bonds is 3. The standard InChI is InChI=1S/C18H26N2O2/c1-14-5-2-3-7-17(14)18(21)20-11-8-15(9-12-20)22-16-6-4-10-19-13-16/h4,6,10,13-15,17H,2-3,5,7-9,11-12H2,1H3. The molecule has 1 aliphatic heterocycles. The molecule has 1 aromatic heterocycles. The Kier molecular flexibility index (Phi) is 4.96. The third-order valence-corrected chi connectivity index (χ3v) is 5.12. The molecule has 1 saturated carbocycles. The van der Waals surface area contributed by atoms with Gasteiger partial charge in [0, 0.05) is 38.0 Å². The SMILES string of the molecule is CC1CCCCC1C(=O)N1CCC(Oc2cccnc2)CC1. The summed E-state index contributed by atoms with van der Waals surface area (Å²) in [7, 11) is 0. The average molecular weight is 302 g/mol.